The molecule has 3 rings (SSSR count). The third-order valence-corrected chi connectivity index (χ3v) is 3.22. The first-order chi connectivity index (χ1) is 7.69. The zero-order chi connectivity index (χ0) is 11.3. The quantitative estimate of drug-likeness (QED) is 0.607. The molecule has 2 saturated heterocycles. The van der Waals surface area contributed by atoms with Crippen molar-refractivity contribution < 1.29 is 19.4 Å². The molecule has 1 unspecified atom stereocenters. The molecule has 2 fully saturated rings. The van der Waals surface area contributed by atoms with E-state index >= 15 is 0 Å². The minimum absolute atomic E-state index is 0.0572. The van der Waals surface area contributed by atoms with Gasteiger partial charge in [0.05, 0.1) is 12.7 Å². The maximum absolute atomic E-state index is 11.5. The van der Waals surface area contributed by atoms with Crippen LogP contribution in [0.2, 0.25) is 0 Å². The number of fused-ring (bicyclic) bond motifs is 4. The number of amides is 1. The van der Waals surface area contributed by atoms with Crippen LogP contribution in [0.3, 0.4) is 0 Å². The smallest absolute Gasteiger partial charge is 0.251 e. The van der Waals surface area contributed by atoms with Crippen LogP contribution in [0.5, 0.6) is 0 Å². The van der Waals surface area contributed by atoms with E-state index in [0.29, 0.717) is 5.57 Å². The Morgan fingerprint density at radius 3 is 3.19 bits per heavy atom. The lowest BCUT2D eigenvalue weighted by Gasteiger charge is -2.41. The first-order valence-electron chi connectivity index (χ1n) is 5.37. The first kappa shape index (κ1) is 10.1. The number of hydrogen-bond acceptors (Lipinski definition) is 5. The number of carbonyl (C=O) groups is 1. The first-order valence-corrected chi connectivity index (χ1v) is 5.37. The zero-order valence-corrected chi connectivity index (χ0v) is 8.92. The molecule has 2 bridgehead atoms. The number of hydrogen-bond donors (Lipinski definition) is 2. The highest BCUT2D eigenvalue weighted by Crippen LogP contribution is 2.34. The van der Waals surface area contributed by atoms with E-state index in [9.17, 15) is 4.79 Å². The van der Waals surface area contributed by atoms with Gasteiger partial charge in [0.25, 0.3) is 5.91 Å². The van der Waals surface area contributed by atoms with Gasteiger partial charge in [-0.05, 0) is 6.92 Å². The molecule has 16 heavy (non-hydrogen) atoms. The molecular weight excluding hydrogens is 212 g/mol. The maximum Gasteiger partial charge on any atom is 0.251 e. The lowest BCUT2D eigenvalue weighted by atomic mass is 10.1. The van der Waals surface area contributed by atoms with Gasteiger partial charge < -0.3 is 24.8 Å². The average Bonchev–Trinajstić information content (AvgIpc) is 2.60. The average molecular weight is 226 g/mol. The van der Waals surface area contributed by atoms with Crippen molar-refractivity contribution in [3.63, 3.8) is 0 Å². The molecule has 6 nitrogen and oxygen atoms in total. The van der Waals surface area contributed by atoms with Crippen LogP contribution in [0.4, 0.5) is 0 Å². The minimum Gasteiger partial charge on any atom is -0.394 e. The number of rotatable bonds is 1. The summed E-state index contributed by atoms with van der Waals surface area (Å²) in [5.74, 6) is -0.122. The Bertz CT molecular complexity index is 357. The van der Waals surface area contributed by atoms with Crippen LogP contribution in [0, 0.1) is 0 Å². The highest BCUT2D eigenvalue weighted by Gasteiger charge is 2.48. The fourth-order valence-corrected chi connectivity index (χ4v) is 2.35. The fourth-order valence-electron chi connectivity index (χ4n) is 2.35. The Balaban J connectivity index is 1.86. The predicted octanol–water partition coefficient (Wildman–Crippen LogP) is -0.888. The van der Waals surface area contributed by atoms with Gasteiger partial charge in [-0.15, -0.1) is 0 Å². The summed E-state index contributed by atoms with van der Waals surface area (Å²) in [6.07, 6.45) is 1.48. The maximum atomic E-state index is 11.5. The van der Waals surface area contributed by atoms with Gasteiger partial charge in [-0.1, -0.05) is 0 Å². The monoisotopic (exact) mass is 226 g/mol. The van der Waals surface area contributed by atoms with E-state index in [2.05, 4.69) is 5.32 Å². The Morgan fingerprint density at radius 1 is 1.62 bits per heavy atom. The van der Waals surface area contributed by atoms with Gasteiger partial charge in [-0.25, -0.2) is 0 Å². The molecule has 0 saturated carbocycles. The molecule has 88 valence electrons. The molecule has 0 aliphatic carbocycles. The topological polar surface area (TPSA) is 71.0 Å². The normalized spacial score (nSPS) is 41.5. The molecule has 0 radical (unpaired) electrons. The van der Waals surface area contributed by atoms with E-state index in [1.807, 2.05) is 4.90 Å². The zero-order valence-electron chi connectivity index (χ0n) is 8.92. The van der Waals surface area contributed by atoms with E-state index in [-0.39, 0.29) is 30.9 Å². The van der Waals surface area contributed by atoms with Crippen LogP contribution in [0.25, 0.3) is 0 Å². The van der Waals surface area contributed by atoms with Gasteiger partial charge in [-0.2, -0.15) is 0 Å². The summed E-state index contributed by atoms with van der Waals surface area (Å²) in [6, 6.07) is 0. The van der Waals surface area contributed by atoms with Crippen molar-refractivity contribution in [2.24, 2.45) is 0 Å². The van der Waals surface area contributed by atoms with Crippen molar-refractivity contribution in [3.8, 4) is 0 Å². The van der Waals surface area contributed by atoms with Crippen molar-refractivity contribution >= 4 is 5.91 Å². The summed E-state index contributed by atoms with van der Waals surface area (Å²) < 4.78 is 11.3. The van der Waals surface area contributed by atoms with Crippen LogP contribution in [-0.2, 0) is 14.3 Å². The molecule has 4 atom stereocenters. The number of carbonyl (C=O) groups excluding carboxylic acids is 1. The van der Waals surface area contributed by atoms with Gasteiger partial charge in [0.2, 0.25) is 6.35 Å². The second-order valence-electron chi connectivity index (χ2n) is 4.31. The highest BCUT2D eigenvalue weighted by molar-refractivity contribution is 5.93. The molecule has 1 amide bonds. The molecular formula is C10H14N2O4. The predicted molar refractivity (Wildman–Crippen MR) is 52.8 cm³/mol. The standard InChI is InChI=1S/C10H14N2O4/c1-5-3-12-8-2-6(7(4-13)15-8)16-10(12)11-9(5)14/h3,6-8,10,13H,2,4H2,1H3,(H,11,14)/t6-,7+,8+,10?/m0/s1. The van der Waals surface area contributed by atoms with Crippen molar-refractivity contribution in [1.82, 2.24) is 10.2 Å². The summed E-state index contributed by atoms with van der Waals surface area (Å²) in [6.45, 7) is 1.69. The van der Waals surface area contributed by atoms with Crippen LogP contribution in [0.15, 0.2) is 11.8 Å². The number of nitrogens with zero attached hydrogens (tertiary/aromatic N) is 1. The third kappa shape index (κ3) is 1.34. The van der Waals surface area contributed by atoms with Gasteiger partial charge in [0.15, 0.2) is 0 Å². The fraction of sp³-hybridized carbons (Fsp3) is 0.700. The van der Waals surface area contributed by atoms with Gasteiger partial charge in [-0.3, -0.25) is 4.79 Å². The summed E-state index contributed by atoms with van der Waals surface area (Å²) in [5, 5.41) is 11.9. The van der Waals surface area contributed by atoms with Gasteiger partial charge in [0.1, 0.15) is 12.3 Å². The van der Waals surface area contributed by atoms with E-state index in [4.69, 9.17) is 14.6 Å². The molecule has 6 heteroatoms. The number of aliphatic hydroxyl groups excluding tert-OH is 1. The Labute approximate surface area is 92.8 Å². The highest BCUT2D eigenvalue weighted by atomic mass is 16.6. The van der Waals surface area contributed by atoms with Crippen molar-refractivity contribution in [1.29, 1.82) is 0 Å². The van der Waals surface area contributed by atoms with Crippen molar-refractivity contribution in [2.45, 2.75) is 38.1 Å². The molecule has 3 aliphatic rings. The van der Waals surface area contributed by atoms with E-state index in [1.54, 1.807) is 13.1 Å². The van der Waals surface area contributed by atoms with Crippen LogP contribution in [-0.4, -0.2) is 47.3 Å². The second-order valence-corrected chi connectivity index (χ2v) is 4.31. The van der Waals surface area contributed by atoms with Gasteiger partial charge >= 0.3 is 0 Å². The molecule has 0 spiro atoms. The molecule has 2 N–H and O–H groups in total. The number of ether oxygens (including phenoxy) is 2. The molecule has 0 aromatic rings. The molecule has 0 aromatic carbocycles. The Hall–Kier alpha value is -1.11. The molecule has 0 aromatic heterocycles. The number of nitrogens with one attached hydrogen (secondary N) is 1. The van der Waals surface area contributed by atoms with Crippen LogP contribution < -0.4 is 5.32 Å². The van der Waals surface area contributed by atoms with Crippen LogP contribution >= 0.6 is 0 Å². The summed E-state index contributed by atoms with van der Waals surface area (Å²) >= 11 is 0. The molecule has 3 aliphatic heterocycles. The van der Waals surface area contributed by atoms with E-state index in [1.165, 1.54) is 0 Å². The number of aliphatic hydroxyl groups is 1. The van der Waals surface area contributed by atoms with Gasteiger partial charge in [0, 0.05) is 18.2 Å². The van der Waals surface area contributed by atoms with Crippen LogP contribution in [0.1, 0.15) is 13.3 Å². The van der Waals surface area contributed by atoms with Crippen molar-refractivity contribution in [2.75, 3.05) is 6.61 Å². The van der Waals surface area contributed by atoms with E-state index < -0.39 is 6.35 Å². The summed E-state index contributed by atoms with van der Waals surface area (Å²) in [7, 11) is 0. The Morgan fingerprint density at radius 2 is 2.44 bits per heavy atom. The summed E-state index contributed by atoms with van der Waals surface area (Å²) in [5.41, 5.74) is 0.634. The lowest BCUT2D eigenvalue weighted by Crippen LogP contribution is -2.58. The van der Waals surface area contributed by atoms with Crippen molar-refractivity contribution in [3.05, 3.63) is 11.8 Å². The minimum atomic E-state index is -0.462. The summed E-state index contributed by atoms with van der Waals surface area (Å²) in [4.78, 5) is 13.3. The van der Waals surface area contributed by atoms with E-state index in [0.717, 1.165) is 6.42 Å². The Kier molecular flexibility index (Phi) is 2.17. The largest absolute Gasteiger partial charge is 0.394 e. The second kappa shape index (κ2) is 3.44. The third-order valence-electron chi connectivity index (χ3n) is 3.22. The molecule has 3 heterocycles. The SMILES string of the molecule is CC1=CN2C(NC1=O)O[C@H]1C[C@H]2O[C@@H]1CO. The lowest BCUT2D eigenvalue weighted by molar-refractivity contribution is -0.163.